The third-order valence-corrected chi connectivity index (χ3v) is 2.78. The highest BCUT2D eigenvalue weighted by atomic mass is 79.9. The molecule has 0 fully saturated rings. The molecule has 1 unspecified atom stereocenters. The number of benzene rings is 1. The fraction of sp³-hybridized carbons (Fsp3) is 0.167. The van der Waals surface area contributed by atoms with Crippen LogP contribution >= 0.6 is 15.9 Å². The first-order valence-corrected chi connectivity index (χ1v) is 5.95. The van der Waals surface area contributed by atoms with Gasteiger partial charge < -0.3 is 14.3 Å². The zero-order valence-electron chi connectivity index (χ0n) is 9.46. The molecule has 2 aromatic rings. The summed E-state index contributed by atoms with van der Waals surface area (Å²) in [5, 5.41) is 8.85. The van der Waals surface area contributed by atoms with Gasteiger partial charge in [-0.3, -0.25) is 0 Å². The zero-order valence-corrected chi connectivity index (χ0v) is 11.0. The summed E-state index contributed by atoms with van der Waals surface area (Å²) in [7, 11) is 0. The highest BCUT2D eigenvalue weighted by molar-refractivity contribution is 9.10. The van der Waals surface area contributed by atoms with E-state index in [4.69, 9.17) is 14.3 Å². The van der Waals surface area contributed by atoms with Crippen LogP contribution in [-0.2, 0) is 4.79 Å². The minimum atomic E-state index is -1.03. The summed E-state index contributed by atoms with van der Waals surface area (Å²) in [6, 6.07) is 5.23. The van der Waals surface area contributed by atoms with Gasteiger partial charge in [0.15, 0.2) is 18.3 Å². The smallest absolute Gasteiger partial charge is 0.344 e. The number of hydrogen-bond acceptors (Lipinski definition) is 4. The molecule has 1 aromatic carbocycles. The van der Waals surface area contributed by atoms with Gasteiger partial charge in [0.05, 0.1) is 11.8 Å². The summed E-state index contributed by atoms with van der Waals surface area (Å²) in [5.41, 5.74) is 0.648. The molecule has 1 heterocycles. The lowest BCUT2D eigenvalue weighted by atomic mass is 10.1. The Morgan fingerprint density at radius 3 is 2.94 bits per heavy atom. The van der Waals surface area contributed by atoms with Crippen LogP contribution in [-0.4, -0.2) is 22.2 Å². The molecule has 2 rings (SSSR count). The summed E-state index contributed by atoms with van der Waals surface area (Å²) < 4.78 is 11.4. The number of carboxylic acid groups (broad SMARTS) is 1. The van der Waals surface area contributed by atoms with Gasteiger partial charge in [0.25, 0.3) is 0 Å². The minimum Gasteiger partial charge on any atom is -0.479 e. The first kappa shape index (κ1) is 12.6. The van der Waals surface area contributed by atoms with E-state index < -0.39 is 12.1 Å². The normalized spacial score (nSPS) is 12.1. The number of oxazole rings is 1. The zero-order chi connectivity index (χ0) is 13.1. The Labute approximate surface area is 112 Å². The number of aromatic nitrogens is 1. The Morgan fingerprint density at radius 2 is 2.33 bits per heavy atom. The van der Waals surface area contributed by atoms with E-state index in [0.717, 1.165) is 4.47 Å². The topological polar surface area (TPSA) is 72.6 Å². The molecule has 0 radical (unpaired) electrons. The van der Waals surface area contributed by atoms with Crippen LogP contribution in [0.2, 0.25) is 0 Å². The molecule has 0 aliphatic heterocycles. The Bertz CT molecular complexity index is 553. The van der Waals surface area contributed by atoms with Crippen molar-refractivity contribution in [2.45, 2.75) is 13.0 Å². The molecule has 0 saturated heterocycles. The van der Waals surface area contributed by atoms with E-state index in [2.05, 4.69) is 20.9 Å². The van der Waals surface area contributed by atoms with Gasteiger partial charge in [0, 0.05) is 4.47 Å². The molecule has 0 aliphatic carbocycles. The van der Waals surface area contributed by atoms with Gasteiger partial charge >= 0.3 is 5.97 Å². The Morgan fingerprint density at radius 1 is 1.56 bits per heavy atom. The number of ether oxygens (including phenoxy) is 1. The second-order valence-electron chi connectivity index (χ2n) is 3.60. The van der Waals surface area contributed by atoms with Gasteiger partial charge in [-0.1, -0.05) is 15.9 Å². The number of nitrogens with zero attached hydrogens (tertiary/aromatic N) is 1. The molecule has 0 amide bonds. The molecule has 0 aliphatic rings. The van der Waals surface area contributed by atoms with Crippen molar-refractivity contribution in [2.75, 3.05) is 0 Å². The Balaban J connectivity index is 2.38. The first-order valence-electron chi connectivity index (χ1n) is 5.16. The fourth-order valence-corrected chi connectivity index (χ4v) is 1.75. The molecule has 5 nitrogen and oxygen atoms in total. The van der Waals surface area contributed by atoms with E-state index in [1.165, 1.54) is 13.3 Å². The van der Waals surface area contributed by atoms with Crippen molar-refractivity contribution >= 4 is 21.9 Å². The van der Waals surface area contributed by atoms with E-state index in [1.54, 1.807) is 24.4 Å². The monoisotopic (exact) mass is 311 g/mol. The molecular formula is C12H10BrNO4. The van der Waals surface area contributed by atoms with Gasteiger partial charge in [-0.2, -0.15) is 0 Å². The van der Waals surface area contributed by atoms with Crippen molar-refractivity contribution in [2.24, 2.45) is 0 Å². The summed E-state index contributed by atoms with van der Waals surface area (Å²) >= 11 is 3.34. The van der Waals surface area contributed by atoms with Gasteiger partial charge in [0.2, 0.25) is 0 Å². The van der Waals surface area contributed by atoms with E-state index >= 15 is 0 Å². The van der Waals surface area contributed by atoms with E-state index in [9.17, 15) is 4.79 Å². The van der Waals surface area contributed by atoms with E-state index in [1.807, 2.05) is 0 Å². The van der Waals surface area contributed by atoms with Crippen LogP contribution in [0, 0.1) is 0 Å². The lowest BCUT2D eigenvalue weighted by Crippen LogP contribution is -2.23. The predicted molar refractivity (Wildman–Crippen MR) is 67.4 cm³/mol. The van der Waals surface area contributed by atoms with Crippen LogP contribution in [0.4, 0.5) is 0 Å². The van der Waals surface area contributed by atoms with Gasteiger partial charge in [-0.15, -0.1) is 0 Å². The molecule has 0 bridgehead atoms. The summed E-state index contributed by atoms with van der Waals surface area (Å²) in [6.45, 7) is 1.47. The van der Waals surface area contributed by atoms with E-state index in [0.29, 0.717) is 17.1 Å². The maximum absolute atomic E-state index is 10.8. The third-order valence-electron chi connectivity index (χ3n) is 2.29. The van der Waals surface area contributed by atoms with Gasteiger partial charge in [-0.05, 0) is 25.1 Å². The van der Waals surface area contributed by atoms with Crippen molar-refractivity contribution in [1.82, 2.24) is 4.98 Å². The van der Waals surface area contributed by atoms with Gasteiger partial charge in [-0.25, -0.2) is 9.78 Å². The Hall–Kier alpha value is -1.82. The molecular weight excluding hydrogens is 302 g/mol. The summed E-state index contributed by atoms with van der Waals surface area (Å²) in [6.07, 6.45) is 1.91. The fourth-order valence-electron chi connectivity index (χ4n) is 1.39. The third kappa shape index (κ3) is 2.70. The van der Waals surface area contributed by atoms with Gasteiger partial charge in [0.1, 0.15) is 5.75 Å². The SMILES string of the molecule is CC(Oc1ccc(Br)cc1-c1cnco1)C(=O)O. The second-order valence-corrected chi connectivity index (χ2v) is 4.52. The molecule has 6 heteroatoms. The van der Waals surface area contributed by atoms with Crippen LogP contribution < -0.4 is 4.74 Å². The lowest BCUT2D eigenvalue weighted by molar-refractivity contribution is -0.144. The number of halogens is 1. The molecule has 1 atom stereocenters. The van der Waals surface area contributed by atoms with Crippen LogP contribution in [0.15, 0.2) is 39.7 Å². The highest BCUT2D eigenvalue weighted by Crippen LogP contribution is 2.33. The summed E-state index contributed by atoms with van der Waals surface area (Å²) in [5.74, 6) is -0.0739. The van der Waals surface area contributed by atoms with Crippen LogP contribution in [0.3, 0.4) is 0 Å². The van der Waals surface area contributed by atoms with Crippen molar-refractivity contribution in [3.8, 4) is 17.1 Å². The van der Waals surface area contributed by atoms with Crippen molar-refractivity contribution in [3.05, 3.63) is 35.3 Å². The molecule has 0 spiro atoms. The molecule has 1 N–H and O–H groups in total. The number of aliphatic carboxylic acids is 1. The quantitative estimate of drug-likeness (QED) is 0.939. The molecule has 1 aromatic heterocycles. The summed E-state index contributed by atoms with van der Waals surface area (Å²) in [4.78, 5) is 14.6. The largest absolute Gasteiger partial charge is 0.479 e. The standard InChI is InChI=1S/C12H10BrNO4/c1-7(12(15)16)18-10-3-2-8(13)4-9(10)11-5-14-6-17-11/h2-7H,1H3,(H,15,16). The van der Waals surface area contributed by atoms with Crippen LogP contribution in [0.5, 0.6) is 5.75 Å². The minimum absolute atomic E-state index is 0.435. The predicted octanol–water partition coefficient (Wildman–Crippen LogP) is 2.96. The maximum Gasteiger partial charge on any atom is 0.344 e. The van der Waals surface area contributed by atoms with Crippen molar-refractivity contribution < 1.29 is 19.1 Å². The number of rotatable bonds is 4. The van der Waals surface area contributed by atoms with Crippen molar-refractivity contribution in [1.29, 1.82) is 0 Å². The number of carbonyl (C=O) groups is 1. The molecule has 94 valence electrons. The first-order chi connectivity index (χ1) is 8.58. The average Bonchev–Trinajstić information content (AvgIpc) is 2.84. The van der Waals surface area contributed by atoms with Crippen LogP contribution in [0.1, 0.15) is 6.92 Å². The van der Waals surface area contributed by atoms with Crippen molar-refractivity contribution in [3.63, 3.8) is 0 Å². The average molecular weight is 312 g/mol. The highest BCUT2D eigenvalue weighted by Gasteiger charge is 2.17. The molecule has 0 saturated carbocycles. The van der Waals surface area contributed by atoms with Crippen LogP contribution in [0.25, 0.3) is 11.3 Å². The number of carboxylic acids is 1. The molecule has 18 heavy (non-hydrogen) atoms. The second kappa shape index (κ2) is 5.22. The number of hydrogen-bond donors (Lipinski definition) is 1. The Kier molecular flexibility index (Phi) is 3.66. The maximum atomic E-state index is 10.8. The van der Waals surface area contributed by atoms with E-state index in [-0.39, 0.29) is 0 Å². The lowest BCUT2D eigenvalue weighted by Gasteiger charge is -2.13.